The van der Waals surface area contributed by atoms with Gasteiger partial charge in [0.2, 0.25) is 0 Å². The zero-order valence-electron chi connectivity index (χ0n) is 8.27. The summed E-state index contributed by atoms with van der Waals surface area (Å²) in [5.74, 6) is 0.989. The van der Waals surface area contributed by atoms with Gasteiger partial charge in [0.15, 0.2) is 0 Å². The molecule has 74 valence electrons. The zero-order valence-corrected chi connectivity index (χ0v) is 8.27. The second-order valence-corrected chi connectivity index (χ2v) is 3.25. The lowest BCUT2D eigenvalue weighted by atomic mass is 10.1. The molecule has 0 saturated heterocycles. The highest BCUT2D eigenvalue weighted by molar-refractivity contribution is 4.83. The number of aromatic nitrogens is 3. The van der Waals surface area contributed by atoms with Crippen LogP contribution in [0.15, 0.2) is 6.33 Å². The highest BCUT2D eigenvalue weighted by Gasteiger charge is 2.03. The van der Waals surface area contributed by atoms with Crippen molar-refractivity contribution in [3.63, 3.8) is 0 Å². The van der Waals surface area contributed by atoms with Crippen molar-refractivity contribution in [3.05, 3.63) is 12.2 Å². The Hall–Kier alpha value is -0.900. The fourth-order valence-corrected chi connectivity index (χ4v) is 1.25. The molecule has 1 aromatic rings. The lowest BCUT2D eigenvalue weighted by molar-refractivity contribution is 0.157. The third-order valence-corrected chi connectivity index (χ3v) is 2.21. The van der Waals surface area contributed by atoms with E-state index < -0.39 is 0 Å². The normalized spacial score (nSPS) is 13.2. The number of hydrogen-bond acceptors (Lipinski definition) is 3. The van der Waals surface area contributed by atoms with Gasteiger partial charge in [-0.3, -0.25) is 4.68 Å². The molecule has 4 nitrogen and oxygen atoms in total. The van der Waals surface area contributed by atoms with Crippen LogP contribution in [0.1, 0.15) is 32.0 Å². The van der Waals surface area contributed by atoms with Crippen LogP contribution in [-0.2, 0) is 13.5 Å². The van der Waals surface area contributed by atoms with E-state index in [1.165, 1.54) is 0 Å². The summed E-state index contributed by atoms with van der Waals surface area (Å²) in [6.45, 7) is 1.99. The molecule has 1 N–H and O–H groups in total. The Balaban J connectivity index is 2.24. The van der Waals surface area contributed by atoms with Crippen LogP contribution < -0.4 is 0 Å². The van der Waals surface area contributed by atoms with E-state index in [1.807, 2.05) is 14.0 Å². The molecule has 0 saturated carbocycles. The molecule has 4 heteroatoms. The van der Waals surface area contributed by atoms with Crippen LogP contribution in [0.25, 0.3) is 0 Å². The summed E-state index contributed by atoms with van der Waals surface area (Å²) >= 11 is 0. The van der Waals surface area contributed by atoms with Crippen LogP contribution in [-0.4, -0.2) is 26.0 Å². The summed E-state index contributed by atoms with van der Waals surface area (Å²) in [5.41, 5.74) is 0. The second-order valence-electron chi connectivity index (χ2n) is 3.25. The summed E-state index contributed by atoms with van der Waals surface area (Å²) in [6.07, 6.45) is 4.95. The highest BCUT2D eigenvalue weighted by atomic mass is 16.3. The van der Waals surface area contributed by atoms with Crippen LogP contribution >= 0.6 is 0 Å². The van der Waals surface area contributed by atoms with Crippen LogP contribution in [0.2, 0.25) is 0 Å². The van der Waals surface area contributed by atoms with E-state index in [9.17, 15) is 5.11 Å². The van der Waals surface area contributed by atoms with Crippen LogP contribution in [0.4, 0.5) is 0 Å². The van der Waals surface area contributed by atoms with Crippen molar-refractivity contribution in [3.8, 4) is 0 Å². The van der Waals surface area contributed by atoms with Crippen molar-refractivity contribution in [2.45, 2.75) is 38.7 Å². The van der Waals surface area contributed by atoms with Crippen LogP contribution in [0.5, 0.6) is 0 Å². The van der Waals surface area contributed by atoms with Gasteiger partial charge in [-0.05, 0) is 19.3 Å². The number of rotatable bonds is 5. The van der Waals surface area contributed by atoms with Crippen molar-refractivity contribution in [1.82, 2.24) is 14.8 Å². The van der Waals surface area contributed by atoms with E-state index in [4.69, 9.17) is 0 Å². The third kappa shape index (κ3) is 3.14. The summed E-state index contributed by atoms with van der Waals surface area (Å²) in [7, 11) is 1.89. The van der Waals surface area contributed by atoms with Crippen molar-refractivity contribution in [2.24, 2.45) is 7.05 Å². The van der Waals surface area contributed by atoms with Gasteiger partial charge in [-0.25, -0.2) is 4.98 Å². The smallest absolute Gasteiger partial charge is 0.138 e. The predicted molar refractivity (Wildman–Crippen MR) is 50.2 cm³/mol. The first-order valence-electron chi connectivity index (χ1n) is 4.75. The van der Waals surface area contributed by atoms with Gasteiger partial charge in [-0.1, -0.05) is 6.92 Å². The van der Waals surface area contributed by atoms with Crippen molar-refractivity contribution in [1.29, 1.82) is 0 Å². The number of hydrogen-bond donors (Lipinski definition) is 1. The van der Waals surface area contributed by atoms with Crippen molar-refractivity contribution < 1.29 is 5.11 Å². The average Bonchev–Trinajstić information content (AvgIpc) is 2.52. The van der Waals surface area contributed by atoms with Gasteiger partial charge in [0.1, 0.15) is 12.2 Å². The molecular weight excluding hydrogens is 166 g/mol. The molecule has 1 rings (SSSR count). The summed E-state index contributed by atoms with van der Waals surface area (Å²) in [5, 5.41) is 13.3. The van der Waals surface area contributed by atoms with Crippen molar-refractivity contribution in [2.75, 3.05) is 0 Å². The molecule has 0 fully saturated rings. The maximum atomic E-state index is 9.31. The van der Waals surface area contributed by atoms with Gasteiger partial charge in [0, 0.05) is 13.5 Å². The Morgan fingerprint density at radius 2 is 2.38 bits per heavy atom. The predicted octanol–water partition coefficient (Wildman–Crippen LogP) is 0.909. The molecule has 0 amide bonds. The maximum absolute atomic E-state index is 9.31. The molecule has 13 heavy (non-hydrogen) atoms. The molecule has 0 aromatic carbocycles. The van der Waals surface area contributed by atoms with Gasteiger partial charge in [0.05, 0.1) is 6.10 Å². The molecule has 0 spiro atoms. The lowest BCUT2D eigenvalue weighted by Crippen LogP contribution is -2.06. The Bertz CT molecular complexity index is 247. The Morgan fingerprint density at radius 1 is 1.62 bits per heavy atom. The van der Waals surface area contributed by atoms with E-state index in [2.05, 4.69) is 10.1 Å². The largest absolute Gasteiger partial charge is 0.393 e. The summed E-state index contributed by atoms with van der Waals surface area (Å²) < 4.78 is 1.78. The Morgan fingerprint density at radius 3 is 2.92 bits per heavy atom. The van der Waals surface area contributed by atoms with Gasteiger partial charge in [0.25, 0.3) is 0 Å². The van der Waals surface area contributed by atoms with Crippen molar-refractivity contribution >= 4 is 0 Å². The third-order valence-electron chi connectivity index (χ3n) is 2.21. The molecule has 0 radical (unpaired) electrons. The quantitative estimate of drug-likeness (QED) is 0.738. The maximum Gasteiger partial charge on any atom is 0.138 e. The molecule has 0 aliphatic carbocycles. The number of aryl methyl sites for hydroxylation is 2. The molecule has 1 aromatic heterocycles. The molecule has 0 aliphatic heterocycles. The number of aliphatic hydroxyl groups excluding tert-OH is 1. The summed E-state index contributed by atoms with van der Waals surface area (Å²) in [4.78, 5) is 4.11. The van der Waals surface area contributed by atoms with E-state index in [0.717, 1.165) is 31.5 Å². The number of aliphatic hydroxyl groups is 1. The molecular formula is C9H17N3O. The molecule has 1 unspecified atom stereocenters. The van der Waals surface area contributed by atoms with Crippen LogP contribution in [0.3, 0.4) is 0 Å². The minimum atomic E-state index is -0.159. The van der Waals surface area contributed by atoms with Gasteiger partial charge < -0.3 is 5.11 Å². The number of nitrogens with zero attached hydrogens (tertiary/aromatic N) is 3. The Labute approximate surface area is 78.6 Å². The first-order chi connectivity index (χ1) is 6.24. The zero-order chi connectivity index (χ0) is 9.68. The van der Waals surface area contributed by atoms with E-state index in [0.29, 0.717) is 0 Å². The molecule has 0 aliphatic rings. The minimum Gasteiger partial charge on any atom is -0.393 e. The fraction of sp³-hybridized carbons (Fsp3) is 0.778. The van der Waals surface area contributed by atoms with Crippen LogP contribution in [0, 0.1) is 0 Å². The van der Waals surface area contributed by atoms with E-state index >= 15 is 0 Å². The fourth-order valence-electron chi connectivity index (χ4n) is 1.25. The first kappa shape index (κ1) is 10.2. The van der Waals surface area contributed by atoms with Gasteiger partial charge >= 0.3 is 0 Å². The lowest BCUT2D eigenvalue weighted by Gasteiger charge is -2.06. The second kappa shape index (κ2) is 4.97. The monoisotopic (exact) mass is 183 g/mol. The minimum absolute atomic E-state index is 0.159. The van der Waals surface area contributed by atoms with E-state index in [1.54, 1.807) is 11.0 Å². The molecule has 1 heterocycles. The van der Waals surface area contributed by atoms with Gasteiger partial charge in [-0.15, -0.1) is 0 Å². The Kier molecular flexibility index (Phi) is 3.89. The SMILES string of the molecule is CCC(O)CCCc1ncnn1C. The summed E-state index contributed by atoms with van der Waals surface area (Å²) in [6, 6.07) is 0. The topological polar surface area (TPSA) is 50.9 Å². The average molecular weight is 183 g/mol. The first-order valence-corrected chi connectivity index (χ1v) is 4.75. The molecule has 0 bridgehead atoms. The highest BCUT2D eigenvalue weighted by Crippen LogP contribution is 2.05. The standard InChI is InChI=1S/C9H17N3O/c1-3-8(13)5-4-6-9-10-7-11-12(9)2/h7-8,13H,3-6H2,1-2H3. The van der Waals surface area contributed by atoms with E-state index in [-0.39, 0.29) is 6.10 Å². The molecule has 1 atom stereocenters. The van der Waals surface area contributed by atoms with Gasteiger partial charge in [-0.2, -0.15) is 5.10 Å².